The van der Waals surface area contributed by atoms with Crippen LogP contribution in [0.15, 0.2) is 36.7 Å². The van der Waals surface area contributed by atoms with Crippen LogP contribution in [0.5, 0.6) is 0 Å². The van der Waals surface area contributed by atoms with Crippen LogP contribution in [0.25, 0.3) is 0 Å². The fourth-order valence-corrected chi connectivity index (χ4v) is 4.32. The Balaban J connectivity index is 1.22. The van der Waals surface area contributed by atoms with Crippen LogP contribution < -0.4 is 15.5 Å². The fraction of sp³-hybridized carbons (Fsp3) is 0.565. The monoisotopic (exact) mass is 379 g/mol. The number of hydrogen-bond acceptors (Lipinski definition) is 5. The van der Waals surface area contributed by atoms with E-state index in [1.54, 1.807) is 0 Å². The van der Waals surface area contributed by atoms with Gasteiger partial charge in [0.15, 0.2) is 0 Å². The van der Waals surface area contributed by atoms with Crippen LogP contribution in [0.1, 0.15) is 49.7 Å². The number of nitrogens with zero attached hydrogens (tertiary/aromatic N) is 3. The number of nitrogens with one attached hydrogen (secondary N) is 2. The van der Waals surface area contributed by atoms with Crippen LogP contribution in [0.4, 0.5) is 11.6 Å². The molecule has 0 aliphatic carbocycles. The first-order valence-electron chi connectivity index (χ1n) is 10.9. The number of benzene rings is 1. The maximum atomic E-state index is 4.53. The minimum absolute atomic E-state index is 0.718. The Morgan fingerprint density at radius 1 is 1.00 bits per heavy atom. The quantitative estimate of drug-likeness (QED) is 0.799. The van der Waals surface area contributed by atoms with E-state index in [1.165, 1.54) is 42.5 Å². The van der Waals surface area contributed by atoms with Gasteiger partial charge in [-0.1, -0.05) is 19.1 Å². The van der Waals surface area contributed by atoms with E-state index in [9.17, 15) is 0 Å². The molecule has 28 heavy (non-hydrogen) atoms. The lowest BCUT2D eigenvalue weighted by Gasteiger charge is -2.32. The maximum Gasteiger partial charge on any atom is 0.225 e. The first kappa shape index (κ1) is 19.2. The van der Waals surface area contributed by atoms with Crippen LogP contribution in [-0.2, 0) is 6.42 Å². The van der Waals surface area contributed by atoms with Crippen molar-refractivity contribution in [3.05, 3.63) is 47.8 Å². The third-order valence-corrected chi connectivity index (χ3v) is 6.31. The van der Waals surface area contributed by atoms with Gasteiger partial charge in [0.1, 0.15) is 0 Å². The molecule has 0 bridgehead atoms. The minimum Gasteiger partial charge on any atom is -0.385 e. The zero-order chi connectivity index (χ0) is 19.2. The van der Waals surface area contributed by atoms with Crippen LogP contribution in [0.3, 0.4) is 0 Å². The lowest BCUT2D eigenvalue weighted by molar-refractivity contribution is 0.420. The van der Waals surface area contributed by atoms with Crippen molar-refractivity contribution in [2.75, 3.05) is 42.9 Å². The van der Waals surface area contributed by atoms with Crippen molar-refractivity contribution in [1.82, 2.24) is 15.3 Å². The molecule has 4 rings (SSSR count). The van der Waals surface area contributed by atoms with Crippen LogP contribution in [0.2, 0.25) is 0 Å². The van der Waals surface area contributed by atoms with Gasteiger partial charge in [-0.2, -0.15) is 0 Å². The van der Waals surface area contributed by atoms with Gasteiger partial charge in [0.25, 0.3) is 0 Å². The van der Waals surface area contributed by atoms with Gasteiger partial charge in [0.2, 0.25) is 5.95 Å². The number of anilines is 2. The second-order valence-electron chi connectivity index (χ2n) is 8.20. The van der Waals surface area contributed by atoms with Crippen molar-refractivity contribution in [2.24, 2.45) is 5.92 Å². The fourth-order valence-electron chi connectivity index (χ4n) is 4.32. The SMILES string of the molecule is CCc1cnc(N2CCC(CNc3ccc(C4CCNCC4)cc3)CC2)nc1. The predicted octanol–water partition coefficient (Wildman–Crippen LogP) is 3.83. The molecule has 2 N–H and O–H groups in total. The summed E-state index contributed by atoms with van der Waals surface area (Å²) in [5.74, 6) is 2.33. The molecule has 0 unspecified atom stereocenters. The molecule has 2 aliphatic heterocycles. The molecule has 0 spiro atoms. The summed E-state index contributed by atoms with van der Waals surface area (Å²) in [4.78, 5) is 11.4. The molecule has 2 fully saturated rings. The molecule has 0 radical (unpaired) electrons. The van der Waals surface area contributed by atoms with E-state index >= 15 is 0 Å². The summed E-state index contributed by atoms with van der Waals surface area (Å²) in [6.45, 7) is 7.58. The highest BCUT2D eigenvalue weighted by Crippen LogP contribution is 2.27. The van der Waals surface area contributed by atoms with E-state index in [2.05, 4.69) is 56.7 Å². The third-order valence-electron chi connectivity index (χ3n) is 6.31. The highest BCUT2D eigenvalue weighted by molar-refractivity contribution is 5.45. The minimum atomic E-state index is 0.718. The first-order valence-corrected chi connectivity index (χ1v) is 10.9. The van der Waals surface area contributed by atoms with Gasteiger partial charge in [0.05, 0.1) is 0 Å². The van der Waals surface area contributed by atoms with Crippen molar-refractivity contribution >= 4 is 11.6 Å². The van der Waals surface area contributed by atoms with E-state index in [1.807, 2.05) is 12.4 Å². The van der Waals surface area contributed by atoms with Crippen molar-refractivity contribution in [3.63, 3.8) is 0 Å². The molecule has 2 aromatic rings. The number of piperidine rings is 2. The summed E-state index contributed by atoms with van der Waals surface area (Å²) < 4.78 is 0. The topological polar surface area (TPSA) is 53.1 Å². The zero-order valence-electron chi connectivity index (χ0n) is 17.0. The number of aryl methyl sites for hydroxylation is 1. The van der Waals surface area contributed by atoms with E-state index in [-0.39, 0.29) is 0 Å². The molecule has 2 saturated heterocycles. The summed E-state index contributed by atoms with van der Waals surface area (Å²) in [5, 5.41) is 7.10. The second-order valence-corrected chi connectivity index (χ2v) is 8.20. The highest BCUT2D eigenvalue weighted by Gasteiger charge is 2.21. The largest absolute Gasteiger partial charge is 0.385 e. The number of hydrogen-bond donors (Lipinski definition) is 2. The average molecular weight is 380 g/mol. The summed E-state index contributed by atoms with van der Waals surface area (Å²) in [6.07, 6.45) is 9.82. The van der Waals surface area contributed by atoms with Gasteiger partial charge in [-0.05, 0) is 80.3 Å². The van der Waals surface area contributed by atoms with Crippen molar-refractivity contribution in [1.29, 1.82) is 0 Å². The molecule has 150 valence electrons. The predicted molar refractivity (Wildman–Crippen MR) is 116 cm³/mol. The van der Waals surface area contributed by atoms with Crippen LogP contribution in [-0.4, -0.2) is 42.7 Å². The van der Waals surface area contributed by atoms with Crippen molar-refractivity contribution in [2.45, 2.75) is 44.9 Å². The molecular weight excluding hydrogens is 346 g/mol. The highest BCUT2D eigenvalue weighted by atomic mass is 15.2. The molecule has 0 atom stereocenters. The maximum absolute atomic E-state index is 4.53. The lowest BCUT2D eigenvalue weighted by Crippen LogP contribution is -2.36. The average Bonchev–Trinajstić information content (AvgIpc) is 2.79. The van der Waals surface area contributed by atoms with Gasteiger partial charge in [-0.3, -0.25) is 0 Å². The van der Waals surface area contributed by atoms with Crippen LogP contribution >= 0.6 is 0 Å². The summed E-state index contributed by atoms with van der Waals surface area (Å²) in [6, 6.07) is 9.15. The molecule has 5 heteroatoms. The molecule has 3 heterocycles. The number of rotatable bonds is 6. The van der Waals surface area contributed by atoms with E-state index in [0.717, 1.165) is 56.9 Å². The molecule has 1 aromatic carbocycles. The third kappa shape index (κ3) is 4.82. The van der Waals surface area contributed by atoms with Crippen molar-refractivity contribution < 1.29 is 0 Å². The Bertz CT molecular complexity index is 714. The Morgan fingerprint density at radius 2 is 1.68 bits per heavy atom. The summed E-state index contributed by atoms with van der Waals surface area (Å²) in [7, 11) is 0. The van der Waals surface area contributed by atoms with Gasteiger partial charge < -0.3 is 15.5 Å². The molecule has 5 nitrogen and oxygen atoms in total. The zero-order valence-corrected chi connectivity index (χ0v) is 17.0. The van der Waals surface area contributed by atoms with Crippen molar-refractivity contribution in [3.8, 4) is 0 Å². The summed E-state index contributed by atoms with van der Waals surface area (Å²) >= 11 is 0. The Kier molecular flexibility index (Phi) is 6.42. The molecule has 0 amide bonds. The molecular formula is C23H33N5. The normalized spacial score (nSPS) is 19.0. The lowest BCUT2D eigenvalue weighted by atomic mass is 9.90. The van der Waals surface area contributed by atoms with E-state index in [4.69, 9.17) is 0 Å². The van der Waals surface area contributed by atoms with E-state index in [0.29, 0.717) is 0 Å². The molecule has 1 aromatic heterocycles. The van der Waals surface area contributed by atoms with E-state index < -0.39 is 0 Å². The van der Waals surface area contributed by atoms with Gasteiger partial charge in [-0.15, -0.1) is 0 Å². The number of aromatic nitrogens is 2. The first-order chi connectivity index (χ1) is 13.8. The standard InChI is InChI=1S/C23H33N5/c1-2-18-15-26-23(27-16-18)28-13-9-19(10-14-28)17-25-22-5-3-20(4-6-22)21-7-11-24-12-8-21/h3-6,15-16,19,21,24-25H,2,7-14,17H2,1H3. The van der Waals surface area contributed by atoms with Gasteiger partial charge in [0, 0.05) is 37.7 Å². The smallest absolute Gasteiger partial charge is 0.225 e. The molecule has 0 saturated carbocycles. The van der Waals surface area contributed by atoms with Crippen LogP contribution in [0, 0.1) is 5.92 Å². The Labute approximate surface area is 169 Å². The Morgan fingerprint density at radius 3 is 2.32 bits per heavy atom. The van der Waals surface area contributed by atoms with Gasteiger partial charge in [-0.25, -0.2) is 9.97 Å². The second kappa shape index (κ2) is 9.37. The Hall–Kier alpha value is -2.14. The van der Waals surface area contributed by atoms with Gasteiger partial charge >= 0.3 is 0 Å². The summed E-state index contributed by atoms with van der Waals surface area (Å²) in [5.41, 5.74) is 3.95. The molecule has 2 aliphatic rings.